The van der Waals surface area contributed by atoms with E-state index in [1.54, 1.807) is 31.5 Å². The van der Waals surface area contributed by atoms with Gasteiger partial charge in [0.05, 0.1) is 0 Å². The van der Waals surface area contributed by atoms with Crippen molar-refractivity contribution in [1.82, 2.24) is 19.9 Å². The molecule has 3 rings (SSSR count). The van der Waals surface area contributed by atoms with Gasteiger partial charge in [-0.25, -0.2) is 20.2 Å². The predicted molar refractivity (Wildman–Crippen MR) is 110 cm³/mol. The molecule has 0 atom stereocenters. The van der Waals surface area contributed by atoms with Crippen LogP contribution in [0.25, 0.3) is 0 Å². The molecule has 0 spiro atoms. The van der Waals surface area contributed by atoms with Gasteiger partial charge in [0.25, 0.3) is 0 Å². The van der Waals surface area contributed by atoms with Gasteiger partial charge in [0.1, 0.15) is 12.4 Å². The molecule has 0 aliphatic carbocycles. The lowest BCUT2D eigenvalue weighted by atomic mass is 10.1. The Morgan fingerprint density at radius 2 is 1.93 bits per heavy atom. The second kappa shape index (κ2) is 9.47. The summed E-state index contributed by atoms with van der Waals surface area (Å²) in [4.78, 5) is 25.0. The number of benzene rings is 1. The first-order chi connectivity index (χ1) is 13.9. The summed E-state index contributed by atoms with van der Waals surface area (Å²) in [7, 11) is 0. The molecule has 1 aliphatic heterocycles. The lowest BCUT2D eigenvalue weighted by Crippen LogP contribution is -2.52. The summed E-state index contributed by atoms with van der Waals surface area (Å²) in [6.45, 7) is 6.34. The summed E-state index contributed by atoms with van der Waals surface area (Å²) in [5.41, 5.74) is 2.42. The van der Waals surface area contributed by atoms with Gasteiger partial charge in [-0.3, -0.25) is 4.79 Å². The summed E-state index contributed by atoms with van der Waals surface area (Å²) in [6, 6.07) is 6.83. The van der Waals surface area contributed by atoms with Crippen LogP contribution >= 0.6 is 0 Å². The molecule has 7 nitrogen and oxygen atoms in total. The molecule has 0 radical (unpaired) electrons. The molecule has 29 heavy (non-hydrogen) atoms. The highest BCUT2D eigenvalue weighted by Gasteiger charge is 2.23. The van der Waals surface area contributed by atoms with Crippen molar-refractivity contribution < 1.29 is 9.18 Å². The molecular weight excluding hydrogens is 371 g/mol. The van der Waals surface area contributed by atoms with Crippen molar-refractivity contribution in [2.24, 2.45) is 5.84 Å². The number of aryl methyl sites for hydroxylation is 1. The van der Waals surface area contributed by atoms with E-state index in [-0.39, 0.29) is 18.3 Å². The van der Waals surface area contributed by atoms with E-state index >= 15 is 0 Å². The molecule has 1 aliphatic rings. The van der Waals surface area contributed by atoms with Crippen molar-refractivity contribution in [3.63, 3.8) is 0 Å². The molecule has 1 fully saturated rings. The van der Waals surface area contributed by atoms with E-state index in [2.05, 4.69) is 14.9 Å². The van der Waals surface area contributed by atoms with Gasteiger partial charge in [0.2, 0.25) is 11.9 Å². The molecule has 1 saturated heterocycles. The first-order valence-electron chi connectivity index (χ1n) is 9.68. The average molecular weight is 398 g/mol. The van der Waals surface area contributed by atoms with Crippen LogP contribution in [0, 0.1) is 12.7 Å². The number of carbonyl (C=O) groups is 1. The van der Waals surface area contributed by atoms with E-state index in [1.807, 2.05) is 24.0 Å². The first kappa shape index (κ1) is 20.7. The average Bonchev–Trinajstić information content (AvgIpc) is 2.75. The van der Waals surface area contributed by atoms with Crippen LogP contribution in [0.3, 0.4) is 0 Å². The van der Waals surface area contributed by atoms with Gasteiger partial charge in [-0.1, -0.05) is 18.2 Å². The predicted octanol–water partition coefficient (Wildman–Crippen LogP) is 1.89. The number of hydrogen-bond donors (Lipinski definition) is 1. The Morgan fingerprint density at radius 3 is 2.59 bits per heavy atom. The fourth-order valence-electron chi connectivity index (χ4n) is 3.20. The Morgan fingerprint density at radius 1 is 1.24 bits per heavy atom. The highest BCUT2D eigenvalue weighted by atomic mass is 19.1. The molecule has 2 N–H and O–H groups in total. The van der Waals surface area contributed by atoms with Crippen molar-refractivity contribution in [3.8, 4) is 0 Å². The lowest BCUT2D eigenvalue weighted by Gasteiger charge is -2.35. The van der Waals surface area contributed by atoms with Crippen LogP contribution < -0.4 is 10.7 Å². The number of rotatable bonds is 6. The summed E-state index contributed by atoms with van der Waals surface area (Å²) < 4.78 is 13.4. The number of nitrogens with two attached hydrogens (primary N) is 1. The van der Waals surface area contributed by atoms with Crippen LogP contribution in [-0.4, -0.2) is 58.5 Å². The minimum atomic E-state index is -0.209. The second-order valence-electron chi connectivity index (χ2n) is 7.18. The first-order valence-corrected chi connectivity index (χ1v) is 9.68. The molecule has 0 bridgehead atoms. The van der Waals surface area contributed by atoms with E-state index in [0.717, 1.165) is 11.3 Å². The number of anilines is 1. The Bertz CT molecular complexity index is 865. The largest absolute Gasteiger partial charge is 0.338 e. The van der Waals surface area contributed by atoms with Crippen LogP contribution in [0.5, 0.6) is 0 Å². The molecule has 154 valence electrons. The normalized spacial score (nSPS) is 14.8. The molecule has 1 aromatic carbocycles. The van der Waals surface area contributed by atoms with Gasteiger partial charge in [-0.15, -0.1) is 0 Å². The van der Waals surface area contributed by atoms with Crippen molar-refractivity contribution >= 4 is 11.9 Å². The van der Waals surface area contributed by atoms with Gasteiger partial charge in [-0.2, -0.15) is 0 Å². The number of carbonyl (C=O) groups excluding carboxylic acids is 1. The zero-order valence-corrected chi connectivity index (χ0v) is 16.9. The quantitative estimate of drug-likeness (QED) is 0.591. The fourth-order valence-corrected chi connectivity index (χ4v) is 3.20. The van der Waals surface area contributed by atoms with E-state index in [4.69, 9.17) is 5.84 Å². The van der Waals surface area contributed by atoms with E-state index in [1.165, 1.54) is 11.1 Å². The molecule has 2 aromatic rings. The lowest BCUT2D eigenvalue weighted by molar-refractivity contribution is -0.132. The minimum Gasteiger partial charge on any atom is -0.338 e. The number of hydrogen-bond acceptors (Lipinski definition) is 6. The molecule has 1 aromatic heterocycles. The smallest absolute Gasteiger partial charge is 0.243 e. The minimum absolute atomic E-state index is 0.00786. The Kier molecular flexibility index (Phi) is 6.77. The monoisotopic (exact) mass is 398 g/mol. The third kappa shape index (κ3) is 5.51. The number of aromatic nitrogens is 2. The molecule has 0 unspecified atom stereocenters. The van der Waals surface area contributed by atoms with Crippen LogP contribution in [-0.2, 0) is 11.2 Å². The number of hydrazine groups is 1. The number of halogens is 1. The third-order valence-electron chi connectivity index (χ3n) is 5.08. The second-order valence-corrected chi connectivity index (χ2v) is 7.18. The van der Waals surface area contributed by atoms with Gasteiger partial charge in [0.15, 0.2) is 0 Å². The Balaban J connectivity index is 1.49. The molecule has 0 saturated carbocycles. The zero-order valence-electron chi connectivity index (χ0n) is 16.9. The highest BCUT2D eigenvalue weighted by Crippen LogP contribution is 2.12. The Labute approximate surface area is 170 Å². The summed E-state index contributed by atoms with van der Waals surface area (Å²) in [5.74, 6) is 6.56. The van der Waals surface area contributed by atoms with Crippen LogP contribution in [0.15, 0.2) is 48.4 Å². The fraction of sp³-hybridized carbons (Fsp3) is 0.381. The van der Waals surface area contributed by atoms with Crippen LogP contribution in [0.1, 0.15) is 18.1 Å². The van der Waals surface area contributed by atoms with E-state index in [0.29, 0.717) is 44.1 Å². The van der Waals surface area contributed by atoms with Gasteiger partial charge in [-0.05, 0) is 43.5 Å². The number of allylic oxidation sites excluding steroid dienone is 2. The highest BCUT2D eigenvalue weighted by molar-refractivity contribution is 5.78. The van der Waals surface area contributed by atoms with Gasteiger partial charge in [0, 0.05) is 44.3 Å². The van der Waals surface area contributed by atoms with Crippen molar-refractivity contribution in [1.29, 1.82) is 0 Å². The molecular formula is C21H27FN6O. The SMILES string of the molecule is C/C(=C/Cc1ccc(F)c(C)c1)N(N)CC(=O)N1CCN(c2ncccn2)CC1. The van der Waals surface area contributed by atoms with E-state index in [9.17, 15) is 9.18 Å². The van der Waals surface area contributed by atoms with Crippen molar-refractivity contribution in [2.45, 2.75) is 20.3 Å². The summed E-state index contributed by atoms with van der Waals surface area (Å²) in [5, 5.41) is 1.46. The van der Waals surface area contributed by atoms with Crippen molar-refractivity contribution in [2.75, 3.05) is 37.6 Å². The topological polar surface area (TPSA) is 78.6 Å². The summed E-state index contributed by atoms with van der Waals surface area (Å²) >= 11 is 0. The molecule has 8 heteroatoms. The number of nitrogens with zero attached hydrogens (tertiary/aromatic N) is 5. The van der Waals surface area contributed by atoms with Crippen LogP contribution in [0.2, 0.25) is 0 Å². The number of piperazine rings is 1. The van der Waals surface area contributed by atoms with Crippen molar-refractivity contribution in [3.05, 3.63) is 65.4 Å². The standard InChI is InChI=1S/C21H27FN6O/c1-16-14-18(6-7-19(16)22)5-4-17(2)28(23)15-20(29)26-10-12-27(13-11-26)21-24-8-3-9-25-21/h3-4,6-9,14H,5,10-13,15,23H2,1-2H3/b17-4-. The Hall–Kier alpha value is -3.00. The molecule has 2 heterocycles. The summed E-state index contributed by atoms with van der Waals surface area (Å²) in [6.07, 6.45) is 6.01. The van der Waals surface area contributed by atoms with Crippen LogP contribution in [0.4, 0.5) is 10.3 Å². The maximum absolute atomic E-state index is 13.4. The maximum Gasteiger partial charge on any atom is 0.243 e. The maximum atomic E-state index is 13.4. The number of amides is 1. The third-order valence-corrected chi connectivity index (χ3v) is 5.08. The zero-order chi connectivity index (χ0) is 20.8. The van der Waals surface area contributed by atoms with Gasteiger partial charge < -0.3 is 14.8 Å². The van der Waals surface area contributed by atoms with Gasteiger partial charge >= 0.3 is 0 Å². The van der Waals surface area contributed by atoms with E-state index < -0.39 is 0 Å². The molecule has 1 amide bonds.